The van der Waals surface area contributed by atoms with Gasteiger partial charge >= 0.3 is 0 Å². The van der Waals surface area contributed by atoms with Crippen LogP contribution >= 0.6 is 0 Å². The Bertz CT molecular complexity index is 202. The molecule has 1 N–H and O–H groups in total. The number of hydrogen-bond donors (Lipinski definition) is 1. The van der Waals surface area contributed by atoms with Crippen molar-refractivity contribution in [2.75, 3.05) is 13.6 Å². The van der Waals surface area contributed by atoms with Gasteiger partial charge in [0.05, 0.1) is 0 Å². The highest BCUT2D eigenvalue weighted by Gasteiger charge is 2.49. The van der Waals surface area contributed by atoms with Crippen molar-refractivity contribution in [3.8, 4) is 0 Å². The Labute approximate surface area is 95.0 Å². The highest BCUT2D eigenvalue weighted by atomic mass is 14.8. The highest BCUT2D eigenvalue weighted by molar-refractivity contribution is 5.01. The molecule has 0 aliphatic heterocycles. The molecule has 0 aromatic carbocycles. The summed E-state index contributed by atoms with van der Waals surface area (Å²) in [7, 11) is 2.13. The molecule has 3 atom stereocenters. The van der Waals surface area contributed by atoms with Crippen LogP contribution < -0.4 is 5.32 Å². The molecule has 2 rings (SSSR count). The van der Waals surface area contributed by atoms with Crippen molar-refractivity contribution in [1.29, 1.82) is 0 Å². The van der Waals surface area contributed by atoms with Crippen LogP contribution in [0.5, 0.6) is 0 Å². The number of unbranched alkanes of at least 4 members (excludes halogenated alkanes) is 2. The zero-order valence-corrected chi connectivity index (χ0v) is 10.5. The van der Waals surface area contributed by atoms with E-state index in [0.717, 1.165) is 11.8 Å². The van der Waals surface area contributed by atoms with Crippen molar-refractivity contribution in [2.24, 2.45) is 17.3 Å². The van der Waals surface area contributed by atoms with Gasteiger partial charge in [0.1, 0.15) is 0 Å². The predicted molar refractivity (Wildman–Crippen MR) is 65.9 cm³/mol. The molecule has 0 spiro atoms. The normalized spacial score (nSPS) is 38.8. The molecule has 2 bridgehead atoms. The summed E-state index contributed by atoms with van der Waals surface area (Å²) in [6.07, 6.45) is 11.9. The van der Waals surface area contributed by atoms with Crippen LogP contribution in [0.1, 0.15) is 58.3 Å². The fourth-order valence-corrected chi connectivity index (χ4v) is 4.25. The first-order valence-corrected chi connectivity index (χ1v) is 6.95. The van der Waals surface area contributed by atoms with Gasteiger partial charge in [-0.1, -0.05) is 32.6 Å². The van der Waals surface area contributed by atoms with Crippen molar-refractivity contribution in [1.82, 2.24) is 5.32 Å². The van der Waals surface area contributed by atoms with Gasteiger partial charge in [0.25, 0.3) is 0 Å². The Balaban J connectivity index is 1.92. The van der Waals surface area contributed by atoms with Gasteiger partial charge in [0.15, 0.2) is 0 Å². The monoisotopic (exact) mass is 209 g/mol. The molecule has 88 valence electrons. The zero-order chi connectivity index (χ0) is 10.7. The molecule has 0 heterocycles. The first kappa shape index (κ1) is 11.4. The fourth-order valence-electron chi connectivity index (χ4n) is 4.25. The molecule has 3 unspecified atom stereocenters. The third-order valence-corrected chi connectivity index (χ3v) is 4.91. The van der Waals surface area contributed by atoms with Crippen molar-refractivity contribution in [2.45, 2.75) is 58.3 Å². The summed E-state index contributed by atoms with van der Waals surface area (Å²) in [5, 5.41) is 3.46. The van der Waals surface area contributed by atoms with Gasteiger partial charge in [0, 0.05) is 6.54 Å². The molecule has 2 saturated carbocycles. The lowest BCUT2D eigenvalue weighted by Crippen LogP contribution is -2.37. The summed E-state index contributed by atoms with van der Waals surface area (Å²) in [5.41, 5.74) is 0.701. The number of nitrogens with one attached hydrogen (secondary N) is 1. The van der Waals surface area contributed by atoms with Crippen LogP contribution in [0, 0.1) is 17.3 Å². The second kappa shape index (κ2) is 4.86. The van der Waals surface area contributed by atoms with Crippen LogP contribution in [0.4, 0.5) is 0 Å². The first-order chi connectivity index (χ1) is 7.30. The second-order valence-corrected chi connectivity index (χ2v) is 5.93. The summed E-state index contributed by atoms with van der Waals surface area (Å²) in [6.45, 7) is 3.59. The zero-order valence-electron chi connectivity index (χ0n) is 10.5. The number of fused-ring (bicyclic) bond motifs is 2. The summed E-state index contributed by atoms with van der Waals surface area (Å²) in [4.78, 5) is 0. The molecule has 0 amide bonds. The van der Waals surface area contributed by atoms with Gasteiger partial charge in [0.2, 0.25) is 0 Å². The first-order valence-electron chi connectivity index (χ1n) is 6.95. The Morgan fingerprint density at radius 2 is 2.13 bits per heavy atom. The maximum Gasteiger partial charge on any atom is 0.000756 e. The molecular weight excluding hydrogens is 182 g/mol. The van der Waals surface area contributed by atoms with E-state index in [1.807, 2.05) is 0 Å². The van der Waals surface area contributed by atoms with Gasteiger partial charge in [-0.25, -0.2) is 0 Å². The molecule has 2 aliphatic carbocycles. The highest BCUT2D eigenvalue weighted by Crippen LogP contribution is 2.57. The molecular formula is C14H27N. The van der Waals surface area contributed by atoms with E-state index in [0.29, 0.717) is 5.41 Å². The van der Waals surface area contributed by atoms with Gasteiger partial charge in [-0.3, -0.25) is 0 Å². The minimum absolute atomic E-state index is 0.701. The molecule has 1 nitrogen and oxygen atoms in total. The third kappa shape index (κ3) is 2.22. The number of rotatable bonds is 6. The van der Waals surface area contributed by atoms with E-state index in [1.165, 1.54) is 51.5 Å². The van der Waals surface area contributed by atoms with Gasteiger partial charge < -0.3 is 5.32 Å². The van der Waals surface area contributed by atoms with Gasteiger partial charge in [-0.15, -0.1) is 0 Å². The largest absolute Gasteiger partial charge is 0.319 e. The molecule has 15 heavy (non-hydrogen) atoms. The molecule has 0 aromatic rings. The smallest absolute Gasteiger partial charge is 0.000756 e. The SMILES string of the molecule is CCCCCC1(CNC)CC2CCC1C2. The lowest BCUT2D eigenvalue weighted by molar-refractivity contribution is 0.141. The van der Waals surface area contributed by atoms with E-state index < -0.39 is 0 Å². The molecule has 0 saturated heterocycles. The van der Waals surface area contributed by atoms with E-state index in [1.54, 1.807) is 6.42 Å². The van der Waals surface area contributed by atoms with Gasteiger partial charge in [-0.05, 0) is 50.0 Å². The Morgan fingerprint density at radius 1 is 1.27 bits per heavy atom. The Kier molecular flexibility index (Phi) is 3.71. The summed E-state index contributed by atoms with van der Waals surface area (Å²) in [6, 6.07) is 0. The summed E-state index contributed by atoms with van der Waals surface area (Å²) in [5.74, 6) is 2.15. The van der Waals surface area contributed by atoms with Crippen molar-refractivity contribution < 1.29 is 0 Å². The van der Waals surface area contributed by atoms with E-state index in [-0.39, 0.29) is 0 Å². The van der Waals surface area contributed by atoms with E-state index >= 15 is 0 Å². The lowest BCUT2D eigenvalue weighted by atomic mass is 9.70. The van der Waals surface area contributed by atoms with E-state index in [9.17, 15) is 0 Å². The van der Waals surface area contributed by atoms with Crippen molar-refractivity contribution >= 4 is 0 Å². The van der Waals surface area contributed by atoms with Crippen molar-refractivity contribution in [3.05, 3.63) is 0 Å². The summed E-state index contributed by atoms with van der Waals surface area (Å²) >= 11 is 0. The standard InChI is InChI=1S/C14H27N/c1-3-4-5-8-14(11-15-2)10-12-6-7-13(14)9-12/h12-13,15H,3-11H2,1-2H3. The predicted octanol–water partition coefficient (Wildman–Crippen LogP) is 3.59. The minimum atomic E-state index is 0.701. The Morgan fingerprint density at radius 3 is 2.67 bits per heavy atom. The lowest BCUT2D eigenvalue weighted by Gasteiger charge is -2.38. The molecule has 2 aliphatic rings. The van der Waals surface area contributed by atoms with Crippen LogP contribution in [0.2, 0.25) is 0 Å². The van der Waals surface area contributed by atoms with E-state index in [2.05, 4.69) is 19.3 Å². The van der Waals surface area contributed by atoms with Crippen molar-refractivity contribution in [3.63, 3.8) is 0 Å². The molecule has 0 radical (unpaired) electrons. The van der Waals surface area contributed by atoms with Crippen LogP contribution in [-0.4, -0.2) is 13.6 Å². The second-order valence-electron chi connectivity index (χ2n) is 5.93. The number of hydrogen-bond acceptors (Lipinski definition) is 1. The quantitative estimate of drug-likeness (QED) is 0.659. The maximum atomic E-state index is 3.46. The molecule has 1 heteroatoms. The van der Waals surface area contributed by atoms with Crippen LogP contribution in [0.3, 0.4) is 0 Å². The Hall–Kier alpha value is -0.0400. The maximum absolute atomic E-state index is 3.46. The molecule has 2 fully saturated rings. The van der Waals surface area contributed by atoms with Crippen LogP contribution in [0.25, 0.3) is 0 Å². The minimum Gasteiger partial charge on any atom is -0.319 e. The van der Waals surface area contributed by atoms with Crippen LogP contribution in [-0.2, 0) is 0 Å². The van der Waals surface area contributed by atoms with Gasteiger partial charge in [-0.2, -0.15) is 0 Å². The van der Waals surface area contributed by atoms with Crippen LogP contribution in [0.15, 0.2) is 0 Å². The third-order valence-electron chi connectivity index (χ3n) is 4.91. The average Bonchev–Trinajstić information content (AvgIpc) is 2.79. The fraction of sp³-hybridized carbons (Fsp3) is 1.00. The average molecular weight is 209 g/mol. The topological polar surface area (TPSA) is 12.0 Å². The summed E-state index contributed by atoms with van der Waals surface area (Å²) < 4.78 is 0. The van der Waals surface area contributed by atoms with E-state index in [4.69, 9.17) is 0 Å². The molecule has 0 aromatic heterocycles.